The summed E-state index contributed by atoms with van der Waals surface area (Å²) in [5.74, 6) is 0.896. The van der Waals surface area contributed by atoms with Crippen LogP contribution in [0.1, 0.15) is 59.8 Å². The fraction of sp³-hybridized carbons (Fsp3) is 0.938. The van der Waals surface area contributed by atoms with Crippen molar-refractivity contribution >= 4 is 0 Å². The van der Waals surface area contributed by atoms with E-state index in [0.29, 0.717) is 6.04 Å². The van der Waals surface area contributed by atoms with Crippen molar-refractivity contribution in [2.75, 3.05) is 19.6 Å². The van der Waals surface area contributed by atoms with E-state index < -0.39 is 0 Å². The Balaban J connectivity index is 2.34. The molecule has 0 spiro atoms. The lowest BCUT2D eigenvalue weighted by Crippen LogP contribution is -2.47. The zero-order chi connectivity index (χ0) is 14.3. The van der Waals surface area contributed by atoms with E-state index in [9.17, 15) is 5.26 Å². The van der Waals surface area contributed by atoms with Gasteiger partial charge in [0.2, 0.25) is 0 Å². The number of hydrogen-bond acceptors (Lipinski definition) is 3. The third-order valence-electron chi connectivity index (χ3n) is 4.34. The molecule has 0 amide bonds. The molecular weight excluding hydrogens is 234 g/mol. The van der Waals surface area contributed by atoms with Gasteiger partial charge in [-0.15, -0.1) is 0 Å². The Labute approximate surface area is 119 Å². The van der Waals surface area contributed by atoms with Crippen molar-refractivity contribution in [1.82, 2.24) is 10.2 Å². The summed E-state index contributed by atoms with van der Waals surface area (Å²) in [5, 5.41) is 12.9. The van der Waals surface area contributed by atoms with Crippen LogP contribution in [-0.2, 0) is 0 Å². The van der Waals surface area contributed by atoms with Gasteiger partial charge in [0.15, 0.2) is 0 Å². The van der Waals surface area contributed by atoms with Crippen LogP contribution >= 0.6 is 0 Å². The maximum Gasteiger partial charge on any atom is 0.106 e. The maximum absolute atomic E-state index is 9.47. The molecule has 3 nitrogen and oxygen atoms in total. The SMILES string of the molecule is CCC(C#N)(CCCN1CCC(C)CC1)NC(C)C. The molecule has 1 heterocycles. The first kappa shape index (κ1) is 16.5. The third-order valence-corrected chi connectivity index (χ3v) is 4.34. The van der Waals surface area contributed by atoms with Crippen LogP contribution in [-0.4, -0.2) is 36.1 Å². The van der Waals surface area contributed by atoms with Gasteiger partial charge in [0, 0.05) is 6.04 Å². The quantitative estimate of drug-likeness (QED) is 0.768. The Bertz CT molecular complexity index is 287. The van der Waals surface area contributed by atoms with Crippen LogP contribution in [0.4, 0.5) is 0 Å². The first-order chi connectivity index (χ1) is 9.01. The highest BCUT2D eigenvalue weighted by atomic mass is 15.1. The molecular formula is C16H31N3. The summed E-state index contributed by atoms with van der Waals surface area (Å²) in [6, 6.07) is 2.88. The Kier molecular flexibility index (Phi) is 6.82. The molecule has 0 aromatic carbocycles. The highest BCUT2D eigenvalue weighted by molar-refractivity contribution is 5.06. The molecule has 0 saturated carbocycles. The average molecular weight is 265 g/mol. The summed E-state index contributed by atoms with van der Waals surface area (Å²) >= 11 is 0. The van der Waals surface area contributed by atoms with Crippen molar-refractivity contribution in [3.8, 4) is 6.07 Å². The van der Waals surface area contributed by atoms with Gasteiger partial charge in [-0.1, -0.05) is 13.8 Å². The Morgan fingerprint density at radius 2 is 2.00 bits per heavy atom. The van der Waals surface area contributed by atoms with Crippen molar-refractivity contribution in [2.24, 2.45) is 5.92 Å². The average Bonchev–Trinajstić information content (AvgIpc) is 2.39. The van der Waals surface area contributed by atoms with Gasteiger partial charge in [0.1, 0.15) is 5.54 Å². The Morgan fingerprint density at radius 3 is 2.47 bits per heavy atom. The number of piperidine rings is 1. The first-order valence-corrected chi connectivity index (χ1v) is 7.92. The van der Waals surface area contributed by atoms with Crippen LogP contribution in [0.15, 0.2) is 0 Å². The number of hydrogen-bond donors (Lipinski definition) is 1. The molecule has 0 aromatic rings. The minimum Gasteiger partial charge on any atom is -0.303 e. The molecule has 1 aliphatic rings. The van der Waals surface area contributed by atoms with E-state index in [0.717, 1.165) is 31.7 Å². The van der Waals surface area contributed by atoms with Crippen LogP contribution in [0.3, 0.4) is 0 Å². The van der Waals surface area contributed by atoms with Gasteiger partial charge in [-0.2, -0.15) is 5.26 Å². The zero-order valence-electron chi connectivity index (χ0n) is 13.2. The second-order valence-electron chi connectivity index (χ2n) is 6.47. The van der Waals surface area contributed by atoms with Crippen molar-refractivity contribution in [1.29, 1.82) is 5.26 Å². The monoisotopic (exact) mass is 265 g/mol. The van der Waals surface area contributed by atoms with Gasteiger partial charge in [-0.05, 0) is 71.5 Å². The molecule has 19 heavy (non-hydrogen) atoms. The van der Waals surface area contributed by atoms with Gasteiger partial charge in [0.05, 0.1) is 6.07 Å². The van der Waals surface area contributed by atoms with Crippen molar-refractivity contribution < 1.29 is 0 Å². The van der Waals surface area contributed by atoms with Gasteiger partial charge < -0.3 is 4.90 Å². The van der Waals surface area contributed by atoms with E-state index in [1.807, 2.05) is 0 Å². The summed E-state index contributed by atoms with van der Waals surface area (Å²) < 4.78 is 0. The maximum atomic E-state index is 9.47. The van der Waals surface area contributed by atoms with E-state index >= 15 is 0 Å². The fourth-order valence-corrected chi connectivity index (χ4v) is 2.96. The number of nitrogens with one attached hydrogen (secondary N) is 1. The standard InChI is InChI=1S/C16H31N3/c1-5-16(13-17,18-14(2)3)9-6-10-19-11-7-15(4)8-12-19/h14-15,18H,5-12H2,1-4H3. The number of likely N-dealkylation sites (tertiary alicyclic amines) is 1. The van der Waals surface area contributed by atoms with E-state index in [-0.39, 0.29) is 5.54 Å². The molecule has 0 bridgehead atoms. The number of nitriles is 1. The lowest BCUT2D eigenvalue weighted by molar-refractivity contribution is 0.183. The first-order valence-electron chi connectivity index (χ1n) is 7.92. The lowest BCUT2D eigenvalue weighted by Gasteiger charge is -2.32. The molecule has 1 N–H and O–H groups in total. The van der Waals surface area contributed by atoms with Crippen LogP contribution in [0.25, 0.3) is 0 Å². The second kappa shape index (κ2) is 7.87. The highest BCUT2D eigenvalue weighted by Crippen LogP contribution is 2.20. The molecule has 1 fully saturated rings. The molecule has 1 aliphatic heterocycles. The molecule has 1 unspecified atom stereocenters. The Hall–Kier alpha value is -0.590. The third kappa shape index (κ3) is 5.50. The largest absolute Gasteiger partial charge is 0.303 e. The smallest absolute Gasteiger partial charge is 0.106 e. The minimum absolute atomic E-state index is 0.322. The van der Waals surface area contributed by atoms with E-state index in [2.05, 4.69) is 44.0 Å². The molecule has 3 heteroatoms. The van der Waals surface area contributed by atoms with E-state index in [4.69, 9.17) is 0 Å². The molecule has 1 saturated heterocycles. The van der Waals surface area contributed by atoms with Crippen LogP contribution in [0.2, 0.25) is 0 Å². The summed E-state index contributed by atoms with van der Waals surface area (Å²) in [6.07, 6.45) is 5.64. The molecule has 1 atom stereocenters. The second-order valence-corrected chi connectivity index (χ2v) is 6.47. The van der Waals surface area contributed by atoms with E-state index in [1.165, 1.54) is 25.9 Å². The molecule has 1 rings (SSSR count). The van der Waals surface area contributed by atoms with Crippen LogP contribution < -0.4 is 5.32 Å². The normalized spacial score (nSPS) is 21.3. The summed E-state index contributed by atoms with van der Waals surface area (Å²) in [4.78, 5) is 2.56. The highest BCUT2D eigenvalue weighted by Gasteiger charge is 2.28. The predicted octanol–water partition coefficient (Wildman–Crippen LogP) is 3.17. The predicted molar refractivity (Wildman–Crippen MR) is 81.0 cm³/mol. The topological polar surface area (TPSA) is 39.1 Å². The van der Waals surface area contributed by atoms with E-state index in [1.54, 1.807) is 0 Å². The summed E-state index contributed by atoms with van der Waals surface area (Å²) in [5.41, 5.74) is -0.322. The van der Waals surface area contributed by atoms with Gasteiger partial charge >= 0.3 is 0 Å². The fourth-order valence-electron chi connectivity index (χ4n) is 2.96. The number of rotatable bonds is 7. The van der Waals surface area contributed by atoms with Crippen molar-refractivity contribution in [3.63, 3.8) is 0 Å². The van der Waals surface area contributed by atoms with Gasteiger partial charge in [-0.25, -0.2) is 0 Å². The van der Waals surface area contributed by atoms with Gasteiger partial charge in [0.25, 0.3) is 0 Å². The summed E-state index contributed by atoms with van der Waals surface area (Å²) in [6.45, 7) is 12.3. The molecule has 0 aromatic heterocycles. The van der Waals surface area contributed by atoms with Crippen molar-refractivity contribution in [3.05, 3.63) is 0 Å². The minimum atomic E-state index is -0.322. The van der Waals surface area contributed by atoms with Crippen molar-refractivity contribution in [2.45, 2.75) is 71.4 Å². The lowest BCUT2D eigenvalue weighted by atomic mass is 9.90. The van der Waals surface area contributed by atoms with Crippen LogP contribution in [0, 0.1) is 17.2 Å². The van der Waals surface area contributed by atoms with Crippen LogP contribution in [0.5, 0.6) is 0 Å². The molecule has 0 radical (unpaired) electrons. The molecule has 110 valence electrons. The zero-order valence-corrected chi connectivity index (χ0v) is 13.2. The number of nitrogens with zero attached hydrogens (tertiary/aromatic N) is 2. The molecule has 0 aliphatic carbocycles. The van der Waals surface area contributed by atoms with Gasteiger partial charge in [-0.3, -0.25) is 5.32 Å². The summed E-state index contributed by atoms with van der Waals surface area (Å²) in [7, 11) is 0. The Morgan fingerprint density at radius 1 is 1.37 bits per heavy atom.